The molecule has 18 heavy (non-hydrogen) atoms. The maximum Gasteiger partial charge on any atom is 0.221 e. The molecule has 96 valence electrons. The smallest absolute Gasteiger partial charge is 0.221 e. The van der Waals surface area contributed by atoms with Crippen molar-refractivity contribution in [3.05, 3.63) is 29.3 Å². The van der Waals surface area contributed by atoms with Crippen LogP contribution < -0.4 is 5.32 Å². The van der Waals surface area contributed by atoms with Gasteiger partial charge < -0.3 is 5.32 Å². The molecule has 0 spiro atoms. The molecule has 0 aliphatic heterocycles. The SMILES string of the molecule is CC(=O)Nc1cc(C)ccc1C1CC2CCC1C2. The molecule has 2 saturated carbocycles. The molecule has 2 bridgehead atoms. The summed E-state index contributed by atoms with van der Waals surface area (Å²) in [7, 11) is 0. The molecule has 0 radical (unpaired) electrons. The van der Waals surface area contributed by atoms with E-state index in [4.69, 9.17) is 0 Å². The van der Waals surface area contributed by atoms with Gasteiger partial charge in [-0.3, -0.25) is 4.79 Å². The van der Waals surface area contributed by atoms with Crippen LogP contribution in [0, 0.1) is 18.8 Å². The van der Waals surface area contributed by atoms with Gasteiger partial charge in [0.05, 0.1) is 0 Å². The van der Waals surface area contributed by atoms with E-state index in [-0.39, 0.29) is 5.91 Å². The second kappa shape index (κ2) is 4.42. The second-order valence-corrected chi connectivity index (χ2v) is 6.05. The van der Waals surface area contributed by atoms with Gasteiger partial charge >= 0.3 is 0 Å². The first kappa shape index (κ1) is 11.8. The number of hydrogen-bond acceptors (Lipinski definition) is 1. The summed E-state index contributed by atoms with van der Waals surface area (Å²) >= 11 is 0. The van der Waals surface area contributed by atoms with Gasteiger partial charge in [0, 0.05) is 12.6 Å². The number of hydrogen-bond donors (Lipinski definition) is 1. The lowest BCUT2D eigenvalue weighted by molar-refractivity contribution is -0.114. The number of anilines is 1. The van der Waals surface area contributed by atoms with Gasteiger partial charge in [0.25, 0.3) is 0 Å². The number of carbonyl (C=O) groups excluding carboxylic acids is 1. The lowest BCUT2D eigenvalue weighted by Gasteiger charge is -2.24. The molecule has 1 aromatic rings. The fourth-order valence-corrected chi connectivity index (χ4v) is 3.92. The van der Waals surface area contributed by atoms with Gasteiger partial charge in [-0.15, -0.1) is 0 Å². The molecule has 3 rings (SSSR count). The Hall–Kier alpha value is -1.31. The summed E-state index contributed by atoms with van der Waals surface area (Å²) in [6.07, 6.45) is 5.52. The first-order valence-corrected chi connectivity index (χ1v) is 7.01. The molecular weight excluding hydrogens is 222 g/mol. The quantitative estimate of drug-likeness (QED) is 0.839. The summed E-state index contributed by atoms with van der Waals surface area (Å²) < 4.78 is 0. The van der Waals surface area contributed by atoms with Crippen molar-refractivity contribution >= 4 is 11.6 Å². The highest BCUT2D eigenvalue weighted by Crippen LogP contribution is 2.54. The fourth-order valence-electron chi connectivity index (χ4n) is 3.92. The molecule has 1 aromatic carbocycles. The molecule has 2 heteroatoms. The van der Waals surface area contributed by atoms with Crippen molar-refractivity contribution in [3.8, 4) is 0 Å². The monoisotopic (exact) mass is 243 g/mol. The summed E-state index contributed by atoms with van der Waals surface area (Å²) in [5.41, 5.74) is 3.62. The van der Waals surface area contributed by atoms with E-state index in [1.165, 1.54) is 36.8 Å². The van der Waals surface area contributed by atoms with Gasteiger partial charge in [0.2, 0.25) is 5.91 Å². The van der Waals surface area contributed by atoms with E-state index in [9.17, 15) is 4.79 Å². The number of benzene rings is 1. The molecule has 0 aromatic heterocycles. The zero-order chi connectivity index (χ0) is 12.7. The Bertz CT molecular complexity index is 480. The molecule has 0 saturated heterocycles. The number of carbonyl (C=O) groups is 1. The topological polar surface area (TPSA) is 29.1 Å². The van der Waals surface area contributed by atoms with Crippen LogP contribution in [0.5, 0.6) is 0 Å². The third-order valence-corrected chi connectivity index (χ3v) is 4.66. The van der Waals surface area contributed by atoms with Gasteiger partial charge in [-0.05, 0) is 61.1 Å². The summed E-state index contributed by atoms with van der Waals surface area (Å²) in [5, 5.41) is 3.01. The summed E-state index contributed by atoms with van der Waals surface area (Å²) in [6.45, 7) is 3.67. The number of aryl methyl sites for hydroxylation is 1. The van der Waals surface area contributed by atoms with Gasteiger partial charge in [-0.25, -0.2) is 0 Å². The number of rotatable bonds is 2. The van der Waals surface area contributed by atoms with Gasteiger partial charge in [-0.1, -0.05) is 18.6 Å². The predicted molar refractivity (Wildman–Crippen MR) is 73.7 cm³/mol. The Labute approximate surface area is 109 Å². The average Bonchev–Trinajstić information content (AvgIpc) is 2.90. The summed E-state index contributed by atoms with van der Waals surface area (Å²) in [5.74, 6) is 2.49. The van der Waals surface area contributed by atoms with Gasteiger partial charge in [0.1, 0.15) is 0 Å². The van der Waals surface area contributed by atoms with Crippen molar-refractivity contribution in [2.45, 2.75) is 45.4 Å². The van der Waals surface area contributed by atoms with Crippen LogP contribution in [-0.4, -0.2) is 5.91 Å². The van der Waals surface area contributed by atoms with Crippen LogP contribution in [0.15, 0.2) is 18.2 Å². The first-order chi connectivity index (χ1) is 8.63. The van der Waals surface area contributed by atoms with Crippen molar-refractivity contribution in [2.24, 2.45) is 11.8 Å². The number of amides is 1. The zero-order valence-electron chi connectivity index (χ0n) is 11.2. The van der Waals surface area contributed by atoms with Crippen LogP contribution in [0.1, 0.15) is 49.7 Å². The molecule has 0 heterocycles. The summed E-state index contributed by atoms with van der Waals surface area (Å²) in [4.78, 5) is 11.3. The second-order valence-electron chi connectivity index (χ2n) is 6.05. The molecule has 2 aliphatic rings. The Morgan fingerprint density at radius 2 is 2.11 bits per heavy atom. The third-order valence-electron chi connectivity index (χ3n) is 4.66. The van der Waals surface area contributed by atoms with Gasteiger partial charge in [0.15, 0.2) is 0 Å². The number of fused-ring (bicyclic) bond motifs is 2. The van der Waals surface area contributed by atoms with E-state index >= 15 is 0 Å². The van der Waals surface area contributed by atoms with Crippen LogP contribution in [0.3, 0.4) is 0 Å². The zero-order valence-corrected chi connectivity index (χ0v) is 11.2. The molecular formula is C16H21NO. The van der Waals surface area contributed by atoms with Crippen molar-refractivity contribution in [1.82, 2.24) is 0 Å². The molecule has 3 atom stereocenters. The van der Waals surface area contributed by atoms with E-state index in [0.717, 1.165) is 17.5 Å². The Balaban J connectivity index is 1.93. The summed E-state index contributed by atoms with van der Waals surface area (Å²) in [6, 6.07) is 6.52. The van der Waals surface area contributed by atoms with Crippen LogP contribution >= 0.6 is 0 Å². The van der Waals surface area contributed by atoms with Crippen LogP contribution in [0.25, 0.3) is 0 Å². The van der Waals surface area contributed by atoms with E-state index in [0.29, 0.717) is 5.92 Å². The minimum Gasteiger partial charge on any atom is -0.326 e. The maximum atomic E-state index is 11.3. The van der Waals surface area contributed by atoms with E-state index in [1.807, 2.05) is 0 Å². The highest BCUT2D eigenvalue weighted by Gasteiger charge is 2.40. The van der Waals surface area contributed by atoms with Crippen molar-refractivity contribution in [1.29, 1.82) is 0 Å². The molecule has 1 amide bonds. The van der Waals surface area contributed by atoms with Crippen molar-refractivity contribution in [3.63, 3.8) is 0 Å². The average molecular weight is 243 g/mol. The van der Waals surface area contributed by atoms with E-state index in [2.05, 4.69) is 30.4 Å². The van der Waals surface area contributed by atoms with E-state index in [1.54, 1.807) is 6.92 Å². The Kier molecular flexibility index (Phi) is 2.89. The number of nitrogens with one attached hydrogen (secondary N) is 1. The molecule has 2 aliphatic carbocycles. The largest absolute Gasteiger partial charge is 0.326 e. The van der Waals surface area contributed by atoms with Crippen molar-refractivity contribution in [2.75, 3.05) is 5.32 Å². The lowest BCUT2D eigenvalue weighted by Crippen LogP contribution is -2.14. The Morgan fingerprint density at radius 1 is 1.28 bits per heavy atom. The normalized spacial score (nSPS) is 29.6. The van der Waals surface area contributed by atoms with Crippen LogP contribution in [-0.2, 0) is 4.79 Å². The van der Waals surface area contributed by atoms with Crippen molar-refractivity contribution < 1.29 is 4.79 Å². The van der Waals surface area contributed by atoms with Crippen LogP contribution in [0.2, 0.25) is 0 Å². The minimum atomic E-state index is 0.0324. The lowest BCUT2D eigenvalue weighted by atomic mass is 9.82. The van der Waals surface area contributed by atoms with E-state index < -0.39 is 0 Å². The predicted octanol–water partition coefficient (Wildman–Crippen LogP) is 3.86. The molecule has 2 fully saturated rings. The maximum absolute atomic E-state index is 11.3. The highest BCUT2D eigenvalue weighted by atomic mass is 16.1. The standard InChI is InChI=1S/C16H21NO/c1-10-3-6-14(16(7-10)17-11(2)18)15-9-12-4-5-13(15)8-12/h3,6-7,12-13,15H,4-5,8-9H2,1-2H3,(H,17,18). The van der Waals surface area contributed by atoms with Crippen LogP contribution in [0.4, 0.5) is 5.69 Å². The minimum absolute atomic E-state index is 0.0324. The fraction of sp³-hybridized carbons (Fsp3) is 0.562. The molecule has 2 nitrogen and oxygen atoms in total. The third kappa shape index (κ3) is 2.05. The highest BCUT2D eigenvalue weighted by molar-refractivity contribution is 5.89. The molecule has 3 unspecified atom stereocenters. The first-order valence-electron chi connectivity index (χ1n) is 7.01. The van der Waals surface area contributed by atoms with Gasteiger partial charge in [-0.2, -0.15) is 0 Å². The Morgan fingerprint density at radius 3 is 2.72 bits per heavy atom. The molecule has 1 N–H and O–H groups in total.